The van der Waals surface area contributed by atoms with Gasteiger partial charge in [-0.2, -0.15) is 0 Å². The number of phenols is 1. The molecule has 0 spiro atoms. The Morgan fingerprint density at radius 3 is 2.29 bits per heavy atom. The van der Waals surface area contributed by atoms with Gasteiger partial charge in [0.25, 0.3) is 11.8 Å². The molecule has 2 aromatic rings. The number of nitrogens with one attached hydrogen (secondary N) is 1. The highest BCUT2D eigenvalue weighted by Gasteiger charge is 2.36. The Morgan fingerprint density at radius 2 is 1.68 bits per heavy atom. The molecule has 0 radical (unpaired) electrons. The molecule has 0 aromatic heterocycles. The van der Waals surface area contributed by atoms with Crippen LogP contribution in [0.15, 0.2) is 54.1 Å². The number of carbonyl (C=O) groups is 4. The zero-order chi connectivity index (χ0) is 20.3. The molecule has 1 aliphatic heterocycles. The monoisotopic (exact) mass is 382 g/mol. The van der Waals surface area contributed by atoms with Gasteiger partial charge in [-0.05, 0) is 48.0 Å². The largest absolute Gasteiger partial charge is 0.508 e. The molecule has 2 aromatic carbocycles. The van der Waals surface area contributed by atoms with Gasteiger partial charge in [0, 0.05) is 0 Å². The van der Waals surface area contributed by atoms with Crippen molar-refractivity contribution in [3.8, 4) is 11.5 Å². The molecule has 28 heavy (non-hydrogen) atoms. The van der Waals surface area contributed by atoms with E-state index in [2.05, 4.69) is 5.32 Å². The Bertz CT molecular complexity index is 978. The fraction of sp³-hybridized carbons (Fsp3) is 0.0526. The number of hydrogen-bond acceptors (Lipinski definition) is 6. The van der Waals surface area contributed by atoms with Crippen LogP contribution in [-0.2, 0) is 14.4 Å². The molecule has 1 fully saturated rings. The first kappa shape index (κ1) is 18.6. The summed E-state index contributed by atoms with van der Waals surface area (Å²) in [4.78, 5) is 48.2. The lowest BCUT2D eigenvalue weighted by atomic mass is 10.1. The van der Waals surface area contributed by atoms with Gasteiger partial charge in [-0.15, -0.1) is 0 Å². The van der Waals surface area contributed by atoms with Crippen LogP contribution in [0.4, 0.5) is 10.5 Å². The first-order valence-electron chi connectivity index (χ1n) is 8.00. The highest BCUT2D eigenvalue weighted by molar-refractivity contribution is 6.39. The number of barbiturate groups is 1. The van der Waals surface area contributed by atoms with E-state index in [0.29, 0.717) is 11.3 Å². The van der Waals surface area contributed by atoms with Gasteiger partial charge in [0.1, 0.15) is 17.1 Å². The summed E-state index contributed by atoms with van der Waals surface area (Å²) in [5.41, 5.74) is 0.407. The number of carbonyl (C=O) groups excluding carboxylic acids is 3. The molecular weight excluding hydrogens is 368 g/mol. The number of anilines is 1. The van der Waals surface area contributed by atoms with E-state index in [1.165, 1.54) is 54.6 Å². The summed E-state index contributed by atoms with van der Waals surface area (Å²) in [6.07, 6.45) is 1.30. The Kier molecular flexibility index (Phi) is 5.07. The first-order valence-corrected chi connectivity index (χ1v) is 8.00. The molecular formula is C19H14N2O7. The third-order valence-electron chi connectivity index (χ3n) is 3.76. The highest BCUT2D eigenvalue weighted by atomic mass is 16.5. The number of aliphatic carboxylic acids is 1. The van der Waals surface area contributed by atoms with E-state index in [-0.39, 0.29) is 17.0 Å². The third kappa shape index (κ3) is 3.98. The van der Waals surface area contributed by atoms with Crippen molar-refractivity contribution in [2.45, 2.75) is 0 Å². The summed E-state index contributed by atoms with van der Waals surface area (Å²) in [7, 11) is 0. The number of nitrogens with zero attached hydrogens (tertiary/aromatic N) is 1. The molecule has 3 rings (SSSR count). The second kappa shape index (κ2) is 7.62. The van der Waals surface area contributed by atoms with Gasteiger partial charge in [-0.1, -0.05) is 12.1 Å². The van der Waals surface area contributed by atoms with Crippen LogP contribution < -0.4 is 15.0 Å². The second-order valence-corrected chi connectivity index (χ2v) is 5.73. The average molecular weight is 382 g/mol. The molecule has 1 heterocycles. The Labute approximate surface area is 158 Å². The lowest BCUT2D eigenvalue weighted by Gasteiger charge is -2.26. The minimum atomic E-state index is -1.12. The molecule has 4 amide bonds. The number of aromatic hydroxyl groups is 1. The maximum atomic E-state index is 12.7. The third-order valence-corrected chi connectivity index (χ3v) is 3.76. The molecule has 9 nitrogen and oxygen atoms in total. The van der Waals surface area contributed by atoms with Crippen molar-refractivity contribution in [1.82, 2.24) is 5.32 Å². The lowest BCUT2D eigenvalue weighted by molar-refractivity contribution is -0.139. The predicted octanol–water partition coefficient (Wildman–Crippen LogP) is 1.52. The molecule has 3 N–H and O–H groups in total. The zero-order valence-electron chi connectivity index (χ0n) is 14.3. The number of amides is 4. The number of rotatable bonds is 5. The number of benzene rings is 2. The van der Waals surface area contributed by atoms with Crippen molar-refractivity contribution in [1.29, 1.82) is 0 Å². The summed E-state index contributed by atoms with van der Waals surface area (Å²) >= 11 is 0. The van der Waals surface area contributed by atoms with Crippen LogP contribution in [0.2, 0.25) is 0 Å². The molecule has 1 saturated heterocycles. The van der Waals surface area contributed by atoms with Crippen LogP contribution >= 0.6 is 0 Å². The molecule has 9 heteroatoms. The second-order valence-electron chi connectivity index (χ2n) is 5.73. The Hall–Kier alpha value is -4.14. The minimum absolute atomic E-state index is 0.0364. The number of ether oxygens (including phenoxy) is 1. The highest BCUT2D eigenvalue weighted by Crippen LogP contribution is 2.24. The van der Waals surface area contributed by atoms with Crippen LogP contribution in [0.25, 0.3) is 6.08 Å². The predicted molar refractivity (Wildman–Crippen MR) is 96.7 cm³/mol. The maximum Gasteiger partial charge on any atom is 0.341 e. The van der Waals surface area contributed by atoms with Crippen molar-refractivity contribution < 1.29 is 34.1 Å². The number of phenolic OH excluding ortho intramolecular Hbond substituents is 1. The fourth-order valence-corrected chi connectivity index (χ4v) is 2.47. The number of imide groups is 2. The number of urea groups is 1. The van der Waals surface area contributed by atoms with E-state index in [1.807, 2.05) is 0 Å². The molecule has 0 atom stereocenters. The smallest absolute Gasteiger partial charge is 0.341 e. The van der Waals surface area contributed by atoms with Gasteiger partial charge in [0.2, 0.25) is 0 Å². The van der Waals surface area contributed by atoms with Gasteiger partial charge in [-0.25, -0.2) is 14.5 Å². The summed E-state index contributed by atoms with van der Waals surface area (Å²) < 4.78 is 5.01. The van der Waals surface area contributed by atoms with Crippen molar-refractivity contribution in [2.75, 3.05) is 11.5 Å². The van der Waals surface area contributed by atoms with E-state index in [1.54, 1.807) is 0 Å². The van der Waals surface area contributed by atoms with Crippen LogP contribution in [0.1, 0.15) is 5.56 Å². The summed E-state index contributed by atoms with van der Waals surface area (Å²) in [5, 5.41) is 20.0. The van der Waals surface area contributed by atoms with Gasteiger partial charge in [-0.3, -0.25) is 14.9 Å². The van der Waals surface area contributed by atoms with Crippen LogP contribution in [0.3, 0.4) is 0 Å². The zero-order valence-corrected chi connectivity index (χ0v) is 14.3. The standard InChI is InChI=1S/C19H14N2O7/c22-13-5-3-12(4-6-13)21-18(26)15(17(25)20-19(21)27)9-11-1-7-14(8-2-11)28-10-16(23)24/h1-9,22H,10H2,(H,23,24)(H,20,25,27)/b15-9+. The maximum absolute atomic E-state index is 12.7. The van der Waals surface area contributed by atoms with E-state index in [4.69, 9.17) is 9.84 Å². The van der Waals surface area contributed by atoms with E-state index >= 15 is 0 Å². The van der Waals surface area contributed by atoms with Gasteiger partial charge in [0.15, 0.2) is 6.61 Å². The fourth-order valence-electron chi connectivity index (χ4n) is 2.47. The average Bonchev–Trinajstić information content (AvgIpc) is 2.66. The molecule has 0 saturated carbocycles. The summed E-state index contributed by atoms with van der Waals surface area (Å²) in [5.74, 6) is -2.49. The van der Waals surface area contributed by atoms with Crippen molar-refractivity contribution in [2.24, 2.45) is 0 Å². The Balaban J connectivity index is 1.86. The van der Waals surface area contributed by atoms with Crippen LogP contribution in [0, 0.1) is 0 Å². The van der Waals surface area contributed by atoms with Crippen LogP contribution in [0.5, 0.6) is 11.5 Å². The van der Waals surface area contributed by atoms with Crippen molar-refractivity contribution in [3.05, 3.63) is 59.7 Å². The number of hydrogen-bond donors (Lipinski definition) is 3. The van der Waals surface area contributed by atoms with Gasteiger partial charge in [0.05, 0.1) is 5.69 Å². The van der Waals surface area contributed by atoms with Gasteiger partial charge < -0.3 is 14.9 Å². The van der Waals surface area contributed by atoms with Crippen LogP contribution in [-0.4, -0.2) is 40.6 Å². The molecule has 1 aliphatic rings. The van der Waals surface area contributed by atoms with Gasteiger partial charge >= 0.3 is 12.0 Å². The van der Waals surface area contributed by atoms with E-state index in [0.717, 1.165) is 4.90 Å². The minimum Gasteiger partial charge on any atom is -0.508 e. The summed E-state index contributed by atoms with van der Waals surface area (Å²) in [6, 6.07) is 10.5. The lowest BCUT2D eigenvalue weighted by Crippen LogP contribution is -2.54. The quantitative estimate of drug-likeness (QED) is 0.527. The topological polar surface area (TPSA) is 133 Å². The first-order chi connectivity index (χ1) is 13.3. The number of carboxylic acid groups (broad SMARTS) is 1. The molecule has 0 bridgehead atoms. The normalized spacial score (nSPS) is 15.5. The van der Waals surface area contributed by atoms with E-state index in [9.17, 15) is 24.3 Å². The number of carboxylic acids is 1. The summed E-state index contributed by atoms with van der Waals surface area (Å²) in [6.45, 7) is -0.495. The van der Waals surface area contributed by atoms with Crippen molar-refractivity contribution in [3.63, 3.8) is 0 Å². The molecule has 0 unspecified atom stereocenters. The Morgan fingerprint density at radius 1 is 1.04 bits per heavy atom. The SMILES string of the molecule is O=C(O)COc1ccc(/C=C2\C(=O)NC(=O)N(c3ccc(O)cc3)C2=O)cc1. The molecule has 0 aliphatic carbocycles. The molecule has 142 valence electrons. The van der Waals surface area contributed by atoms with Crippen molar-refractivity contribution >= 4 is 35.6 Å². The van der Waals surface area contributed by atoms with E-state index < -0.39 is 30.4 Å².